The molecule has 0 aromatic heterocycles. The number of hydrogen-bond donors (Lipinski definition) is 1. The number of anilines is 1. The van der Waals surface area contributed by atoms with Gasteiger partial charge in [0, 0.05) is 35.3 Å². The Bertz CT molecular complexity index is 443. The van der Waals surface area contributed by atoms with Gasteiger partial charge in [-0.2, -0.15) is 0 Å². The van der Waals surface area contributed by atoms with Crippen molar-refractivity contribution in [2.75, 3.05) is 11.4 Å². The van der Waals surface area contributed by atoms with E-state index < -0.39 is 0 Å². The van der Waals surface area contributed by atoms with E-state index in [4.69, 9.17) is 0 Å². The van der Waals surface area contributed by atoms with Crippen LogP contribution in [0.4, 0.5) is 5.69 Å². The van der Waals surface area contributed by atoms with Crippen LogP contribution in [0.3, 0.4) is 0 Å². The summed E-state index contributed by atoms with van der Waals surface area (Å²) in [6, 6.07) is 8.04. The van der Waals surface area contributed by atoms with E-state index in [1.54, 1.807) is 0 Å². The van der Waals surface area contributed by atoms with Crippen LogP contribution < -0.4 is 10.2 Å². The Morgan fingerprint density at radius 3 is 2.65 bits per heavy atom. The molecule has 2 nitrogen and oxygen atoms in total. The lowest BCUT2D eigenvalue weighted by molar-refractivity contribution is 0.492. The van der Waals surface area contributed by atoms with E-state index in [1.807, 2.05) is 0 Å². The van der Waals surface area contributed by atoms with Crippen molar-refractivity contribution in [3.63, 3.8) is 0 Å². The minimum Gasteiger partial charge on any atom is -0.368 e. The Kier molecular flexibility index (Phi) is 5.50. The molecular formula is C17H27BrN2. The molecule has 1 unspecified atom stereocenters. The Labute approximate surface area is 132 Å². The van der Waals surface area contributed by atoms with E-state index in [0.717, 1.165) is 12.5 Å². The molecule has 3 heteroatoms. The lowest BCUT2D eigenvalue weighted by Crippen LogP contribution is -2.33. The number of nitrogens with one attached hydrogen (secondary N) is 1. The highest BCUT2D eigenvalue weighted by Crippen LogP contribution is 2.32. The number of rotatable bonds is 5. The lowest BCUT2D eigenvalue weighted by Gasteiger charge is -2.30. The summed E-state index contributed by atoms with van der Waals surface area (Å²) in [7, 11) is 0. The molecular weight excluding hydrogens is 312 g/mol. The van der Waals surface area contributed by atoms with E-state index in [1.165, 1.54) is 35.1 Å². The van der Waals surface area contributed by atoms with Crippen molar-refractivity contribution in [2.45, 2.75) is 59.2 Å². The molecule has 1 aromatic rings. The monoisotopic (exact) mass is 338 g/mol. The number of halogens is 1. The van der Waals surface area contributed by atoms with Crippen LogP contribution in [0.15, 0.2) is 22.7 Å². The lowest BCUT2D eigenvalue weighted by atomic mass is 10.0. The molecule has 1 fully saturated rings. The highest BCUT2D eigenvalue weighted by atomic mass is 79.9. The molecule has 1 saturated heterocycles. The predicted octanol–water partition coefficient (Wildman–Crippen LogP) is 4.57. The average Bonchev–Trinajstić information content (AvgIpc) is 2.86. The number of hydrogen-bond acceptors (Lipinski definition) is 2. The second-order valence-electron chi connectivity index (χ2n) is 6.46. The van der Waals surface area contributed by atoms with Crippen LogP contribution in [0, 0.1) is 5.92 Å². The van der Waals surface area contributed by atoms with Gasteiger partial charge in [0.15, 0.2) is 0 Å². The van der Waals surface area contributed by atoms with Gasteiger partial charge in [-0.05, 0) is 36.5 Å². The Morgan fingerprint density at radius 2 is 2.05 bits per heavy atom. The van der Waals surface area contributed by atoms with Gasteiger partial charge in [-0.25, -0.2) is 0 Å². The van der Waals surface area contributed by atoms with Crippen LogP contribution in [-0.2, 0) is 6.54 Å². The van der Waals surface area contributed by atoms with Crippen molar-refractivity contribution in [1.82, 2.24) is 5.32 Å². The fraction of sp³-hybridized carbons (Fsp3) is 0.647. The van der Waals surface area contributed by atoms with Gasteiger partial charge in [0.25, 0.3) is 0 Å². The van der Waals surface area contributed by atoms with E-state index >= 15 is 0 Å². The summed E-state index contributed by atoms with van der Waals surface area (Å²) in [6.45, 7) is 11.1. The zero-order valence-electron chi connectivity index (χ0n) is 13.1. The van der Waals surface area contributed by atoms with Gasteiger partial charge in [-0.1, -0.05) is 49.7 Å². The topological polar surface area (TPSA) is 15.3 Å². The van der Waals surface area contributed by atoms with E-state index in [9.17, 15) is 0 Å². The SMILES string of the molecule is CC(C)NCc1ccc(N2CCCC2C(C)C)cc1Br. The second kappa shape index (κ2) is 6.95. The van der Waals surface area contributed by atoms with Crippen LogP contribution in [0.2, 0.25) is 0 Å². The molecule has 0 spiro atoms. The molecule has 0 bridgehead atoms. The Morgan fingerprint density at radius 1 is 1.30 bits per heavy atom. The molecule has 1 aliphatic rings. The highest BCUT2D eigenvalue weighted by Gasteiger charge is 2.27. The molecule has 0 radical (unpaired) electrons. The van der Waals surface area contributed by atoms with Gasteiger partial charge in [0.05, 0.1) is 0 Å². The number of nitrogens with zero attached hydrogens (tertiary/aromatic N) is 1. The van der Waals surface area contributed by atoms with Gasteiger partial charge in [-0.3, -0.25) is 0 Å². The molecule has 1 aromatic carbocycles. The van der Waals surface area contributed by atoms with Crippen LogP contribution in [0.5, 0.6) is 0 Å². The standard InChI is InChI=1S/C17H27BrN2/c1-12(2)17-6-5-9-20(17)15-8-7-14(16(18)10-15)11-19-13(3)4/h7-8,10,12-13,17,19H,5-6,9,11H2,1-4H3. The van der Waals surface area contributed by atoms with Crippen LogP contribution in [0.1, 0.15) is 46.1 Å². The second-order valence-corrected chi connectivity index (χ2v) is 7.31. The molecule has 0 saturated carbocycles. The maximum atomic E-state index is 3.73. The number of benzene rings is 1. The summed E-state index contributed by atoms with van der Waals surface area (Å²) in [4.78, 5) is 2.58. The quantitative estimate of drug-likeness (QED) is 0.845. The van der Waals surface area contributed by atoms with E-state index in [2.05, 4.69) is 72.0 Å². The smallest absolute Gasteiger partial charge is 0.0380 e. The molecule has 2 rings (SSSR count). The van der Waals surface area contributed by atoms with Gasteiger partial charge in [-0.15, -0.1) is 0 Å². The van der Waals surface area contributed by atoms with Crippen molar-refractivity contribution >= 4 is 21.6 Å². The first-order valence-corrected chi connectivity index (χ1v) is 8.56. The summed E-state index contributed by atoms with van der Waals surface area (Å²) in [5.74, 6) is 0.721. The van der Waals surface area contributed by atoms with Gasteiger partial charge >= 0.3 is 0 Å². The van der Waals surface area contributed by atoms with Gasteiger partial charge < -0.3 is 10.2 Å². The normalized spacial score (nSPS) is 19.4. The maximum absolute atomic E-state index is 3.73. The molecule has 1 heterocycles. The summed E-state index contributed by atoms with van der Waals surface area (Å²) in [5.41, 5.74) is 2.70. The zero-order valence-corrected chi connectivity index (χ0v) is 14.7. The van der Waals surface area contributed by atoms with Crippen molar-refractivity contribution in [3.05, 3.63) is 28.2 Å². The third-order valence-electron chi connectivity index (χ3n) is 4.14. The predicted molar refractivity (Wildman–Crippen MR) is 91.3 cm³/mol. The summed E-state index contributed by atoms with van der Waals surface area (Å²) in [5, 5.41) is 3.48. The van der Waals surface area contributed by atoms with Crippen molar-refractivity contribution in [3.8, 4) is 0 Å². The molecule has 0 aliphatic carbocycles. The zero-order chi connectivity index (χ0) is 14.7. The largest absolute Gasteiger partial charge is 0.368 e. The van der Waals surface area contributed by atoms with Gasteiger partial charge in [0.2, 0.25) is 0 Å². The minimum absolute atomic E-state index is 0.519. The molecule has 20 heavy (non-hydrogen) atoms. The van der Waals surface area contributed by atoms with Crippen molar-refractivity contribution in [1.29, 1.82) is 0 Å². The van der Waals surface area contributed by atoms with Crippen LogP contribution in [-0.4, -0.2) is 18.6 Å². The molecule has 1 atom stereocenters. The third-order valence-corrected chi connectivity index (χ3v) is 4.88. The minimum atomic E-state index is 0.519. The first-order valence-electron chi connectivity index (χ1n) is 7.77. The average molecular weight is 339 g/mol. The van der Waals surface area contributed by atoms with Crippen molar-refractivity contribution in [2.24, 2.45) is 5.92 Å². The van der Waals surface area contributed by atoms with Crippen LogP contribution in [0.25, 0.3) is 0 Å². The third kappa shape index (κ3) is 3.76. The fourth-order valence-corrected chi connectivity index (χ4v) is 3.49. The van der Waals surface area contributed by atoms with Crippen molar-refractivity contribution < 1.29 is 0 Å². The first-order chi connectivity index (χ1) is 9.49. The Balaban J connectivity index is 2.12. The first kappa shape index (κ1) is 15.8. The Hall–Kier alpha value is -0.540. The summed E-state index contributed by atoms with van der Waals surface area (Å²) < 4.78 is 1.22. The highest BCUT2D eigenvalue weighted by molar-refractivity contribution is 9.10. The van der Waals surface area contributed by atoms with Crippen LogP contribution >= 0.6 is 15.9 Å². The van der Waals surface area contributed by atoms with Gasteiger partial charge in [0.1, 0.15) is 0 Å². The summed E-state index contributed by atoms with van der Waals surface area (Å²) in [6.07, 6.45) is 2.64. The molecule has 112 valence electrons. The van der Waals surface area contributed by atoms with E-state index in [0.29, 0.717) is 12.1 Å². The molecule has 1 aliphatic heterocycles. The fourth-order valence-electron chi connectivity index (χ4n) is 2.98. The summed E-state index contributed by atoms with van der Waals surface area (Å²) >= 11 is 3.73. The molecule has 1 N–H and O–H groups in total. The molecule has 0 amide bonds. The maximum Gasteiger partial charge on any atom is 0.0380 e. The van der Waals surface area contributed by atoms with E-state index in [-0.39, 0.29) is 0 Å².